The van der Waals surface area contributed by atoms with Crippen LogP contribution in [0.3, 0.4) is 0 Å². The van der Waals surface area contributed by atoms with E-state index in [4.69, 9.17) is 57.4 Å². The minimum atomic E-state index is -2.39. The number of carbonyl (C=O) groups excluding carboxylic acids is 8. The van der Waals surface area contributed by atoms with Crippen LogP contribution in [0.5, 0.6) is 46.0 Å². The van der Waals surface area contributed by atoms with Crippen molar-refractivity contribution >= 4 is 82.2 Å². The molecule has 1 aliphatic carbocycles. The topological polar surface area (TPSA) is 580 Å². The second-order valence-electron chi connectivity index (χ2n) is 31.3. The molecule has 38 nitrogen and oxygen atoms in total. The van der Waals surface area contributed by atoms with Crippen molar-refractivity contribution < 1.29 is 123 Å². The number of aromatic hydroxyl groups is 3. The Bertz CT molecular complexity index is 5000. The number of aliphatic hydroxyl groups is 6. The van der Waals surface area contributed by atoms with Crippen molar-refractivity contribution in [2.45, 2.75) is 195 Å². The normalized spacial score (nSPS) is 28.6. The van der Waals surface area contributed by atoms with Gasteiger partial charge in [-0.15, -0.1) is 0 Å². The number of likely N-dealkylation sites (N-methyl/N-ethyl adjacent to an activating group) is 1. The van der Waals surface area contributed by atoms with Gasteiger partial charge in [-0.3, -0.25) is 42.9 Å². The van der Waals surface area contributed by atoms with Crippen LogP contribution in [-0.2, 0) is 63.9 Å². The van der Waals surface area contributed by atoms with Gasteiger partial charge in [0.15, 0.2) is 29.9 Å². The fraction of sp³-hybridized carbons (Fsp3) is 0.463. The summed E-state index contributed by atoms with van der Waals surface area (Å²) >= 11 is 14.3. The van der Waals surface area contributed by atoms with E-state index in [0.29, 0.717) is 18.8 Å². The maximum Gasteiger partial charge on any atom is 0.349 e. The summed E-state index contributed by atoms with van der Waals surface area (Å²) in [4.78, 5) is 149. The molecule has 8 amide bonds. The van der Waals surface area contributed by atoms with E-state index in [0.717, 1.165) is 79.6 Å². The third kappa shape index (κ3) is 19.4. The van der Waals surface area contributed by atoms with Gasteiger partial charge in [-0.05, 0) is 148 Å². The lowest BCUT2D eigenvalue weighted by atomic mass is 9.82. The van der Waals surface area contributed by atoms with Crippen LogP contribution in [0.25, 0.3) is 11.1 Å². The summed E-state index contributed by atoms with van der Waals surface area (Å²) in [5, 5.41) is 139. The fourth-order valence-electron chi connectivity index (χ4n) is 15.5. The van der Waals surface area contributed by atoms with Gasteiger partial charge < -0.3 is 133 Å². The molecular formula is C80H94Cl2N12O26. The van der Waals surface area contributed by atoms with Crippen LogP contribution >= 0.6 is 23.2 Å². The van der Waals surface area contributed by atoms with Crippen LogP contribution in [-0.4, -0.2) is 213 Å². The number of aromatic nitrogens is 2. The Morgan fingerprint density at radius 2 is 1.35 bits per heavy atom. The number of carboxylic acid groups (broad SMARTS) is 1. The smallest absolute Gasteiger partial charge is 0.349 e. The lowest BCUT2D eigenvalue weighted by molar-refractivity contribution is -0.334. The molecule has 1 saturated carbocycles. The zero-order valence-corrected chi connectivity index (χ0v) is 67.0. The van der Waals surface area contributed by atoms with Crippen LogP contribution in [0.15, 0.2) is 95.9 Å². The molecular weight excluding hydrogens is 1620 g/mol. The highest BCUT2D eigenvalue weighted by Crippen LogP contribution is 2.50. The van der Waals surface area contributed by atoms with Gasteiger partial charge in [0.1, 0.15) is 95.3 Å². The third-order valence-corrected chi connectivity index (χ3v) is 22.7. The maximum absolute atomic E-state index is 16.2. The van der Waals surface area contributed by atoms with Gasteiger partial charge in [0.2, 0.25) is 59.3 Å². The monoisotopic (exact) mass is 1710 g/mol. The van der Waals surface area contributed by atoms with E-state index in [2.05, 4.69) is 59.8 Å². The number of nitrogens with zero attached hydrogens (tertiary/aromatic N) is 2. The van der Waals surface area contributed by atoms with Crippen LogP contribution in [0.2, 0.25) is 10.0 Å². The molecule has 644 valence electrons. The number of aliphatic carboxylic acids is 1. The molecule has 7 aliphatic heterocycles. The summed E-state index contributed by atoms with van der Waals surface area (Å²) in [6, 6.07) is 0.512. The van der Waals surface area contributed by atoms with Crippen LogP contribution in [0.1, 0.15) is 138 Å². The second kappa shape index (κ2) is 37.0. The number of benzene rings is 5. The standard InChI is InChI=1S/C80H94Cl2N12O26/c1-32(2)21-45(84-6)71(106)92-61-63(100)37-12-15-49(43(81)23-37)116-51-25-39-26-52(67(51)120-78-68(66(103)65(102)53(31-95)118-78)119-56-30-80(5,69(104)34(4)115-56)85-18-20-94-19-17-55(88-79(94)114)87-70(105)35-9-7-33(3)8-10-35)117-50-16-13-38(24-44(50)82)64(101)62-76(111)91-60(77(112)113)42-27-40(96)28-48(98)57(42)41-22-36(11-14-47(41)97)58(73(108)93-62)90-74(109)59(39)89-72(107)46(29-54(83)99)86-75(61)110/h11-17,19,22-28,32-35,45-46,53,56,58-66,68-69,78,84-85,95-98,100-104H,7-10,18,20-21,29-31H2,1-6H3,(H2,83,99)(H,86,110)(H,89,107)(H,90,109)(H,91,111)(H,92,106)(H,93,108)(H,112,113)(H,87,88,105,114)/t33?,34-,35?,45+,46+,53+,56+,58+,59?,60-,61-,62-,63-,64-,65-,66-,68-,69+,78?,80-/m1/s1. The van der Waals surface area contributed by atoms with Gasteiger partial charge in [-0.25, -0.2) is 9.59 Å². The molecule has 2 unspecified atom stereocenters. The highest BCUT2D eigenvalue weighted by Gasteiger charge is 2.52. The zero-order valence-electron chi connectivity index (χ0n) is 65.5. The first-order valence-electron chi connectivity index (χ1n) is 38.7. The highest BCUT2D eigenvalue weighted by molar-refractivity contribution is 6.32. The van der Waals surface area contributed by atoms with Gasteiger partial charge in [-0.1, -0.05) is 62.2 Å². The molecule has 6 aromatic rings. The van der Waals surface area contributed by atoms with E-state index in [1.165, 1.54) is 42.9 Å². The number of halogens is 2. The maximum atomic E-state index is 16.2. The largest absolute Gasteiger partial charge is 0.508 e. The lowest BCUT2D eigenvalue weighted by Crippen LogP contribution is -2.65. The molecule has 0 spiro atoms. The number of carboxylic acids is 1. The molecule has 1 aromatic heterocycles. The molecule has 18 atom stereocenters. The summed E-state index contributed by atoms with van der Waals surface area (Å²) in [6.07, 6.45) is -14.7. The molecule has 3 fully saturated rings. The summed E-state index contributed by atoms with van der Waals surface area (Å²) in [5.41, 5.74) is 0.756. The van der Waals surface area contributed by atoms with E-state index in [9.17, 15) is 84.6 Å². The number of amides is 8. The quantitative estimate of drug-likeness (QED) is 0.0549. The van der Waals surface area contributed by atoms with Crippen molar-refractivity contribution in [2.24, 2.45) is 23.5 Å². The van der Waals surface area contributed by atoms with Gasteiger partial charge in [0, 0.05) is 59.9 Å². The Balaban J connectivity index is 1.00. The number of fused-ring (bicyclic) bond motifs is 15. The van der Waals surface area contributed by atoms with Crippen LogP contribution < -0.4 is 73.5 Å². The van der Waals surface area contributed by atoms with Crippen molar-refractivity contribution in [3.8, 4) is 57.1 Å². The van der Waals surface area contributed by atoms with Gasteiger partial charge in [0.25, 0.3) is 0 Å². The van der Waals surface area contributed by atoms with E-state index < -0.39 is 243 Å². The number of primary amides is 1. The van der Waals surface area contributed by atoms with E-state index in [1.54, 1.807) is 6.92 Å². The number of rotatable bonds is 19. The van der Waals surface area contributed by atoms with Crippen molar-refractivity contribution in [2.75, 3.05) is 25.5 Å². The number of anilines is 1. The number of hydrogen-bond donors (Lipinski definition) is 20. The highest BCUT2D eigenvalue weighted by atomic mass is 35.5. The Labute approximate surface area is 694 Å². The first-order chi connectivity index (χ1) is 56.9. The molecule has 120 heavy (non-hydrogen) atoms. The van der Waals surface area contributed by atoms with Crippen molar-refractivity contribution in [3.05, 3.63) is 139 Å². The summed E-state index contributed by atoms with van der Waals surface area (Å²) in [7, 11) is 1.47. The van der Waals surface area contributed by atoms with Crippen molar-refractivity contribution in [1.82, 2.24) is 52.1 Å². The number of nitrogens with two attached hydrogens (primary N) is 1. The Morgan fingerprint density at radius 1 is 0.717 bits per heavy atom. The average Bonchev–Trinajstić information content (AvgIpc) is 0.763. The fourth-order valence-corrected chi connectivity index (χ4v) is 16.0. The lowest BCUT2D eigenvalue weighted by Gasteiger charge is -2.48. The van der Waals surface area contributed by atoms with E-state index >= 15 is 14.4 Å². The number of hydrogen-bond acceptors (Lipinski definition) is 28. The van der Waals surface area contributed by atoms with Crippen LogP contribution in [0.4, 0.5) is 5.82 Å². The van der Waals surface area contributed by atoms with Gasteiger partial charge in [0.05, 0.1) is 41.3 Å². The molecule has 21 N–H and O–H groups in total. The predicted octanol–water partition coefficient (Wildman–Crippen LogP) is 1.76. The molecule has 40 heteroatoms. The third-order valence-electron chi connectivity index (χ3n) is 22.1. The SMILES string of the molecule is CN[C@@H](CC(C)C)C(=O)N[C@H]1C(=O)N[C@@H](CC(N)=O)C(=O)NC2C(=O)N[C@@H]3C(=O)N[C@@H](C(=O)N[C@@H](C(=O)O)c4cc(O)cc(O)c4-c4cc3ccc4O)[C@H](O)c3ccc(c(Cl)c3)Oc3cc2cc(c3OC2O[C@@H](CO)[C@@H](O)[C@@H](O)[C@H]2O[C@H]2C[C@@](C)(NCCn3ccc(NC(=O)C4CCC(C)CC4)nc3=O)[C@@H](O)[C@@H](C)O2)Oc2ccc(cc2Cl)[C@H]1O. The molecule has 11 bridgehead atoms. The van der Waals surface area contributed by atoms with Gasteiger partial charge in [-0.2, -0.15) is 4.98 Å². The first kappa shape index (κ1) is 88.4. The van der Waals surface area contributed by atoms with E-state index in [1.807, 2.05) is 13.8 Å². The van der Waals surface area contributed by atoms with E-state index in [-0.39, 0.29) is 77.0 Å². The molecule has 14 rings (SSSR count). The zero-order chi connectivity index (χ0) is 86.8. The number of ether oxygens (including phenoxy) is 6. The summed E-state index contributed by atoms with van der Waals surface area (Å²) in [6.45, 7) is 7.86. The summed E-state index contributed by atoms with van der Waals surface area (Å²) in [5.74, 6) is -16.2. The number of nitrogens with one attached hydrogen (secondary N) is 9. The Hall–Kier alpha value is -10.8. The number of carbonyl (C=O) groups is 9. The summed E-state index contributed by atoms with van der Waals surface area (Å²) < 4.78 is 40.6. The van der Waals surface area contributed by atoms with Gasteiger partial charge >= 0.3 is 11.7 Å². The number of phenols is 3. The number of aliphatic hydroxyl groups excluding tert-OH is 6. The molecule has 0 radical (unpaired) electrons. The molecule has 8 heterocycles. The Kier molecular flexibility index (Phi) is 27.3. The molecule has 5 aromatic carbocycles. The number of phenolic OH excluding ortho intramolecular Hbond substituents is 3. The van der Waals surface area contributed by atoms with Crippen LogP contribution in [0, 0.1) is 17.8 Å². The van der Waals surface area contributed by atoms with Crippen molar-refractivity contribution in [1.29, 1.82) is 0 Å². The average molecular weight is 1710 g/mol. The second-order valence-corrected chi connectivity index (χ2v) is 32.1. The molecule has 8 aliphatic rings. The first-order valence-corrected chi connectivity index (χ1v) is 39.5. The molecule has 2 saturated heterocycles. The Morgan fingerprint density at radius 3 is 1.97 bits per heavy atom. The minimum Gasteiger partial charge on any atom is -0.508 e. The predicted molar refractivity (Wildman–Crippen MR) is 421 cm³/mol. The van der Waals surface area contributed by atoms with Crippen molar-refractivity contribution in [3.63, 3.8) is 0 Å². The minimum absolute atomic E-state index is 0.00261.